The lowest BCUT2D eigenvalue weighted by atomic mass is 10.0. The summed E-state index contributed by atoms with van der Waals surface area (Å²) < 4.78 is 0. The SMILES string of the molecule is C=C1C=C2SC(C)=CCN2c2ccccc21. The Morgan fingerprint density at radius 2 is 2.12 bits per heavy atom. The lowest BCUT2D eigenvalue weighted by Gasteiger charge is -2.34. The molecule has 1 aromatic carbocycles. The molecule has 2 aliphatic heterocycles. The van der Waals surface area contributed by atoms with Crippen LogP contribution in [-0.2, 0) is 0 Å². The van der Waals surface area contributed by atoms with Gasteiger partial charge in [0.25, 0.3) is 0 Å². The van der Waals surface area contributed by atoms with Gasteiger partial charge in [0.1, 0.15) is 0 Å². The van der Waals surface area contributed by atoms with Gasteiger partial charge in [-0.05, 0) is 29.5 Å². The summed E-state index contributed by atoms with van der Waals surface area (Å²) >= 11 is 1.82. The number of allylic oxidation sites excluding steroid dienone is 3. The molecule has 0 unspecified atom stereocenters. The average molecular weight is 227 g/mol. The second-order valence-corrected chi connectivity index (χ2v) is 5.32. The number of thioether (sulfide) groups is 1. The first-order chi connectivity index (χ1) is 7.75. The Bertz CT molecular complexity index is 525. The van der Waals surface area contributed by atoms with Gasteiger partial charge in [0.2, 0.25) is 0 Å². The van der Waals surface area contributed by atoms with Gasteiger partial charge in [-0.2, -0.15) is 0 Å². The Kier molecular flexibility index (Phi) is 2.18. The average Bonchev–Trinajstić information content (AvgIpc) is 2.29. The third-order valence-electron chi connectivity index (χ3n) is 2.93. The molecule has 80 valence electrons. The van der Waals surface area contributed by atoms with Crippen LogP contribution < -0.4 is 4.90 Å². The zero-order valence-corrected chi connectivity index (χ0v) is 10.1. The van der Waals surface area contributed by atoms with Gasteiger partial charge < -0.3 is 4.90 Å². The van der Waals surface area contributed by atoms with Crippen LogP contribution in [0.5, 0.6) is 0 Å². The molecule has 3 rings (SSSR count). The van der Waals surface area contributed by atoms with E-state index in [9.17, 15) is 0 Å². The molecular weight excluding hydrogens is 214 g/mol. The molecule has 0 aliphatic carbocycles. The van der Waals surface area contributed by atoms with E-state index in [1.165, 1.54) is 21.2 Å². The Balaban J connectivity index is 2.14. The second kappa shape index (κ2) is 3.56. The van der Waals surface area contributed by atoms with Crippen molar-refractivity contribution in [3.8, 4) is 0 Å². The minimum Gasteiger partial charge on any atom is -0.331 e. The highest BCUT2D eigenvalue weighted by Crippen LogP contribution is 2.43. The quantitative estimate of drug-likeness (QED) is 0.658. The molecule has 0 saturated carbocycles. The van der Waals surface area contributed by atoms with Gasteiger partial charge in [-0.15, -0.1) is 0 Å². The molecule has 0 atom stereocenters. The molecule has 1 nitrogen and oxygen atoms in total. The van der Waals surface area contributed by atoms with E-state index in [2.05, 4.69) is 54.8 Å². The molecule has 0 aromatic heterocycles. The van der Waals surface area contributed by atoms with Crippen molar-refractivity contribution in [1.82, 2.24) is 0 Å². The topological polar surface area (TPSA) is 3.24 Å². The number of para-hydroxylation sites is 1. The maximum atomic E-state index is 4.14. The normalized spacial score (nSPS) is 18.6. The summed E-state index contributed by atoms with van der Waals surface area (Å²) in [6.07, 6.45) is 4.45. The Labute approximate surface area is 100 Å². The molecule has 2 aliphatic rings. The van der Waals surface area contributed by atoms with Gasteiger partial charge in [-0.1, -0.05) is 42.6 Å². The molecule has 16 heavy (non-hydrogen) atoms. The van der Waals surface area contributed by atoms with Crippen LogP contribution in [0.4, 0.5) is 5.69 Å². The largest absolute Gasteiger partial charge is 0.331 e. The van der Waals surface area contributed by atoms with Crippen LogP contribution in [0.2, 0.25) is 0 Å². The third kappa shape index (κ3) is 1.41. The van der Waals surface area contributed by atoms with Gasteiger partial charge in [0.05, 0.1) is 5.03 Å². The fourth-order valence-electron chi connectivity index (χ4n) is 2.10. The number of nitrogens with zero attached hydrogens (tertiary/aromatic N) is 1. The number of hydrogen-bond donors (Lipinski definition) is 0. The molecule has 0 spiro atoms. The van der Waals surface area contributed by atoms with Crippen molar-refractivity contribution in [2.75, 3.05) is 11.4 Å². The van der Waals surface area contributed by atoms with Crippen LogP contribution in [0.25, 0.3) is 5.57 Å². The summed E-state index contributed by atoms with van der Waals surface area (Å²) in [4.78, 5) is 3.72. The van der Waals surface area contributed by atoms with Crippen LogP contribution in [0.3, 0.4) is 0 Å². The molecule has 0 bridgehead atoms. The fraction of sp³-hybridized carbons (Fsp3) is 0.143. The lowest BCUT2D eigenvalue weighted by Crippen LogP contribution is -2.26. The molecule has 0 radical (unpaired) electrons. The van der Waals surface area contributed by atoms with Gasteiger partial charge >= 0.3 is 0 Å². The van der Waals surface area contributed by atoms with Crippen molar-refractivity contribution < 1.29 is 0 Å². The zero-order valence-electron chi connectivity index (χ0n) is 9.23. The number of anilines is 1. The summed E-state index contributed by atoms with van der Waals surface area (Å²) in [6, 6.07) is 8.47. The van der Waals surface area contributed by atoms with E-state index in [0.29, 0.717) is 0 Å². The minimum absolute atomic E-state index is 0.967. The van der Waals surface area contributed by atoms with Crippen molar-refractivity contribution in [1.29, 1.82) is 0 Å². The third-order valence-corrected chi connectivity index (χ3v) is 3.97. The molecule has 1 aromatic rings. The molecule has 2 heterocycles. The lowest BCUT2D eigenvalue weighted by molar-refractivity contribution is 1.05. The van der Waals surface area contributed by atoms with Crippen LogP contribution >= 0.6 is 11.8 Å². The number of hydrogen-bond acceptors (Lipinski definition) is 2. The van der Waals surface area contributed by atoms with Crippen molar-refractivity contribution in [2.24, 2.45) is 0 Å². The maximum absolute atomic E-state index is 4.14. The zero-order chi connectivity index (χ0) is 11.1. The number of rotatable bonds is 0. The van der Waals surface area contributed by atoms with E-state index >= 15 is 0 Å². The number of benzene rings is 1. The Morgan fingerprint density at radius 3 is 3.00 bits per heavy atom. The molecular formula is C14H13NS. The van der Waals surface area contributed by atoms with E-state index in [0.717, 1.165) is 12.1 Å². The highest BCUT2D eigenvalue weighted by Gasteiger charge is 2.23. The molecule has 0 N–H and O–H groups in total. The van der Waals surface area contributed by atoms with Gasteiger partial charge in [0, 0.05) is 17.8 Å². The predicted octanol–water partition coefficient (Wildman–Crippen LogP) is 4.01. The molecule has 0 saturated heterocycles. The van der Waals surface area contributed by atoms with Crippen molar-refractivity contribution in [3.63, 3.8) is 0 Å². The van der Waals surface area contributed by atoms with E-state index in [-0.39, 0.29) is 0 Å². The van der Waals surface area contributed by atoms with E-state index in [1.807, 2.05) is 11.8 Å². The highest BCUT2D eigenvalue weighted by molar-refractivity contribution is 8.06. The van der Waals surface area contributed by atoms with Crippen LogP contribution in [0.1, 0.15) is 12.5 Å². The van der Waals surface area contributed by atoms with Crippen LogP contribution in [-0.4, -0.2) is 6.54 Å². The maximum Gasteiger partial charge on any atom is 0.0806 e. The summed E-state index contributed by atoms with van der Waals surface area (Å²) in [5, 5.41) is 1.30. The standard InChI is InChI=1S/C14H13NS/c1-10-9-14-15(8-7-11(2)16-14)13-6-4-3-5-12(10)13/h3-7,9H,1,8H2,2H3. The van der Waals surface area contributed by atoms with Crippen molar-refractivity contribution >= 4 is 23.0 Å². The molecule has 0 amide bonds. The van der Waals surface area contributed by atoms with Gasteiger partial charge in [-0.3, -0.25) is 0 Å². The van der Waals surface area contributed by atoms with Gasteiger partial charge in [0.15, 0.2) is 0 Å². The molecule has 0 fully saturated rings. The summed E-state index contributed by atoms with van der Waals surface area (Å²) in [6.45, 7) is 7.26. The van der Waals surface area contributed by atoms with E-state index in [4.69, 9.17) is 0 Å². The predicted molar refractivity (Wildman–Crippen MR) is 72.3 cm³/mol. The summed E-state index contributed by atoms with van der Waals surface area (Å²) in [5.41, 5.74) is 3.64. The van der Waals surface area contributed by atoms with Gasteiger partial charge in [-0.25, -0.2) is 0 Å². The Hall–Kier alpha value is -1.41. The summed E-state index contributed by atoms with van der Waals surface area (Å²) in [5.74, 6) is 0. The van der Waals surface area contributed by atoms with Crippen molar-refractivity contribution in [3.05, 3.63) is 58.5 Å². The first-order valence-corrected chi connectivity index (χ1v) is 6.19. The Morgan fingerprint density at radius 1 is 1.31 bits per heavy atom. The second-order valence-electron chi connectivity index (χ2n) is 4.05. The van der Waals surface area contributed by atoms with Crippen LogP contribution in [0.15, 0.2) is 52.9 Å². The summed E-state index contributed by atoms with van der Waals surface area (Å²) in [7, 11) is 0. The van der Waals surface area contributed by atoms with E-state index < -0.39 is 0 Å². The fourth-order valence-corrected chi connectivity index (χ4v) is 3.08. The first-order valence-electron chi connectivity index (χ1n) is 5.38. The highest BCUT2D eigenvalue weighted by atomic mass is 32.2. The first kappa shape index (κ1) is 9.79. The number of fused-ring (bicyclic) bond motifs is 3. The van der Waals surface area contributed by atoms with E-state index in [1.54, 1.807) is 0 Å². The molecule has 2 heteroatoms. The van der Waals surface area contributed by atoms with Crippen molar-refractivity contribution in [2.45, 2.75) is 6.92 Å². The monoisotopic (exact) mass is 227 g/mol. The minimum atomic E-state index is 0.967. The smallest absolute Gasteiger partial charge is 0.0806 e. The van der Waals surface area contributed by atoms with Crippen LogP contribution in [0, 0.1) is 0 Å².